The number of ether oxygens (including phenoxy) is 2. The monoisotopic (exact) mass is 511 g/mol. The first kappa shape index (κ1) is 24.6. The van der Waals surface area contributed by atoms with Crippen LogP contribution in [-0.4, -0.2) is 36.0 Å². The first-order valence-electron chi connectivity index (χ1n) is 10.8. The van der Waals surface area contributed by atoms with Gasteiger partial charge in [-0.1, -0.05) is 66.1 Å². The van der Waals surface area contributed by atoms with Gasteiger partial charge in [-0.25, -0.2) is 4.79 Å². The summed E-state index contributed by atoms with van der Waals surface area (Å²) in [5.74, 6) is 0.219. The van der Waals surface area contributed by atoms with Gasteiger partial charge in [0, 0.05) is 23.0 Å². The molecular formula is C26H25NO4S3. The molecule has 0 spiro atoms. The number of fused-ring (bicyclic) bond motifs is 1. The van der Waals surface area contributed by atoms with Gasteiger partial charge >= 0.3 is 5.97 Å². The fourth-order valence-electron chi connectivity index (χ4n) is 4.17. The van der Waals surface area contributed by atoms with Crippen molar-refractivity contribution in [1.29, 1.82) is 0 Å². The van der Waals surface area contributed by atoms with Crippen molar-refractivity contribution < 1.29 is 19.1 Å². The molecule has 1 amide bonds. The van der Waals surface area contributed by atoms with Crippen molar-refractivity contribution in [2.45, 2.75) is 33.2 Å². The molecule has 176 valence electrons. The van der Waals surface area contributed by atoms with Gasteiger partial charge in [0.05, 0.1) is 34.0 Å². The third-order valence-corrected chi connectivity index (χ3v) is 8.98. The maximum absolute atomic E-state index is 12.7. The normalized spacial score (nSPS) is 19.2. The molecule has 34 heavy (non-hydrogen) atoms. The van der Waals surface area contributed by atoms with Gasteiger partial charge in [-0.2, -0.15) is 0 Å². The van der Waals surface area contributed by atoms with Gasteiger partial charge < -0.3 is 14.4 Å². The number of esters is 1. The highest BCUT2D eigenvalue weighted by Gasteiger charge is 2.44. The summed E-state index contributed by atoms with van der Waals surface area (Å²) in [4.78, 5) is 29.2. The molecule has 4 rings (SSSR count). The first-order chi connectivity index (χ1) is 16.2. The van der Waals surface area contributed by atoms with Crippen molar-refractivity contribution in [2.24, 2.45) is 0 Å². The Balaban J connectivity index is 1.94. The van der Waals surface area contributed by atoms with Crippen molar-refractivity contribution in [2.75, 3.05) is 18.6 Å². The summed E-state index contributed by atoms with van der Waals surface area (Å²) in [7, 11) is 1.39. The number of methoxy groups -OCH3 is 1. The zero-order valence-electron chi connectivity index (χ0n) is 19.6. The van der Waals surface area contributed by atoms with E-state index < -0.39 is 5.54 Å². The average Bonchev–Trinajstić information content (AvgIpc) is 3.25. The van der Waals surface area contributed by atoms with Crippen LogP contribution in [-0.2, 0) is 14.3 Å². The molecule has 0 saturated carbocycles. The van der Waals surface area contributed by atoms with Crippen LogP contribution in [0.4, 0.5) is 5.69 Å². The summed E-state index contributed by atoms with van der Waals surface area (Å²) >= 11 is 8.89. The molecule has 2 aliphatic rings. The molecule has 2 aromatic rings. The van der Waals surface area contributed by atoms with E-state index in [-0.39, 0.29) is 11.9 Å². The van der Waals surface area contributed by atoms with E-state index in [1.807, 2.05) is 69.3 Å². The van der Waals surface area contributed by atoms with Crippen LogP contribution in [0.5, 0.6) is 5.75 Å². The van der Waals surface area contributed by atoms with Crippen molar-refractivity contribution in [3.63, 3.8) is 0 Å². The summed E-state index contributed by atoms with van der Waals surface area (Å²) in [6.07, 6.45) is 0. The number of thiocarbonyl (C=S) groups is 1. The zero-order valence-corrected chi connectivity index (χ0v) is 22.1. The van der Waals surface area contributed by atoms with E-state index in [1.165, 1.54) is 30.6 Å². The predicted molar refractivity (Wildman–Crippen MR) is 145 cm³/mol. The fourth-order valence-corrected chi connectivity index (χ4v) is 7.33. The Hall–Kier alpha value is -2.55. The summed E-state index contributed by atoms with van der Waals surface area (Å²) < 4.78 is 11.7. The number of carbonyl (C=O) groups excluding carboxylic acids is 2. The van der Waals surface area contributed by atoms with E-state index >= 15 is 0 Å². The second-order valence-electron chi connectivity index (χ2n) is 8.24. The molecule has 5 nitrogen and oxygen atoms in total. The summed E-state index contributed by atoms with van der Waals surface area (Å²) in [6, 6.07) is 15.5. The molecular weight excluding hydrogens is 486 g/mol. The van der Waals surface area contributed by atoms with Crippen molar-refractivity contribution in [1.82, 2.24) is 0 Å². The van der Waals surface area contributed by atoms with Crippen molar-refractivity contribution >= 4 is 68.6 Å². The van der Waals surface area contributed by atoms with Crippen LogP contribution in [0, 0.1) is 0 Å². The number of hydrogen-bond donors (Lipinski definition) is 0. The Morgan fingerprint density at radius 3 is 2.41 bits per heavy atom. The third kappa shape index (κ3) is 4.19. The maximum Gasteiger partial charge on any atom is 0.345 e. The molecule has 2 aliphatic heterocycles. The molecule has 2 aromatic carbocycles. The van der Waals surface area contributed by atoms with Gasteiger partial charge in [-0.05, 0) is 44.5 Å². The Bertz CT molecular complexity index is 1250. The third-order valence-electron chi connectivity index (χ3n) is 5.65. The minimum absolute atomic E-state index is 0.0908. The van der Waals surface area contributed by atoms with Crippen molar-refractivity contribution in [3.05, 3.63) is 68.8 Å². The second kappa shape index (κ2) is 9.60. The number of nitrogens with zero attached hydrogens (tertiary/aromatic N) is 1. The van der Waals surface area contributed by atoms with Crippen LogP contribution in [0.1, 0.15) is 38.8 Å². The molecule has 0 saturated heterocycles. The summed E-state index contributed by atoms with van der Waals surface area (Å²) in [5, 5.41) is 0. The van der Waals surface area contributed by atoms with E-state index in [0.29, 0.717) is 22.1 Å². The van der Waals surface area contributed by atoms with Crippen LogP contribution in [0.15, 0.2) is 57.7 Å². The Kier molecular flexibility index (Phi) is 6.94. The number of rotatable bonds is 4. The van der Waals surface area contributed by atoms with E-state index in [0.717, 1.165) is 31.5 Å². The van der Waals surface area contributed by atoms with Crippen LogP contribution >= 0.6 is 35.7 Å². The van der Waals surface area contributed by atoms with Gasteiger partial charge in [-0.3, -0.25) is 4.79 Å². The Labute approximate surface area is 213 Å². The van der Waals surface area contributed by atoms with Gasteiger partial charge in [-0.15, -0.1) is 0 Å². The molecule has 0 radical (unpaired) electrons. The van der Waals surface area contributed by atoms with Crippen LogP contribution in [0.3, 0.4) is 0 Å². The zero-order chi connectivity index (χ0) is 24.6. The van der Waals surface area contributed by atoms with Gasteiger partial charge in [0.25, 0.3) is 0 Å². The largest absolute Gasteiger partial charge is 0.494 e. The van der Waals surface area contributed by atoms with E-state index in [1.54, 1.807) is 11.8 Å². The lowest BCUT2D eigenvalue weighted by molar-refractivity contribution is -0.135. The van der Waals surface area contributed by atoms with Gasteiger partial charge in [0.15, 0.2) is 0 Å². The molecule has 0 aliphatic carbocycles. The molecule has 0 atom stereocenters. The van der Waals surface area contributed by atoms with E-state index in [9.17, 15) is 9.59 Å². The minimum Gasteiger partial charge on any atom is -0.494 e. The standard InChI is InChI=1S/C26H25NO4S3/c1-6-31-17-12-13-19-18(14-17)20(23(32)26(3,4)27(19)15(2)28)25-33-21(16-10-8-7-9-11-16)22(34-25)24(29)30-5/h7-14H,6H2,1-5H3/b25-20-. The molecule has 0 bridgehead atoms. The fraction of sp³-hybridized carbons (Fsp3) is 0.269. The van der Waals surface area contributed by atoms with Crippen LogP contribution in [0.25, 0.3) is 10.5 Å². The number of anilines is 1. The maximum atomic E-state index is 12.7. The average molecular weight is 512 g/mol. The number of benzene rings is 2. The van der Waals surface area contributed by atoms with Crippen LogP contribution in [0.2, 0.25) is 0 Å². The molecule has 8 heteroatoms. The quantitative estimate of drug-likeness (QED) is 0.272. The number of carbonyl (C=O) groups is 2. The number of amides is 1. The van der Waals surface area contributed by atoms with E-state index in [2.05, 4.69) is 0 Å². The highest BCUT2D eigenvalue weighted by Crippen LogP contribution is 2.58. The van der Waals surface area contributed by atoms with Gasteiger partial charge in [0.2, 0.25) is 5.91 Å². The lowest BCUT2D eigenvalue weighted by Crippen LogP contribution is -2.55. The number of hydrogen-bond acceptors (Lipinski definition) is 7. The molecule has 0 N–H and O–H groups in total. The summed E-state index contributed by atoms with van der Waals surface area (Å²) in [6.45, 7) is 7.90. The molecule has 0 unspecified atom stereocenters. The van der Waals surface area contributed by atoms with Crippen molar-refractivity contribution in [3.8, 4) is 5.75 Å². The van der Waals surface area contributed by atoms with Crippen LogP contribution < -0.4 is 9.64 Å². The Morgan fingerprint density at radius 1 is 1.09 bits per heavy atom. The Morgan fingerprint density at radius 2 is 1.79 bits per heavy atom. The first-order valence-corrected chi connectivity index (χ1v) is 12.9. The predicted octanol–water partition coefficient (Wildman–Crippen LogP) is 6.29. The lowest BCUT2D eigenvalue weighted by atomic mass is 9.83. The minimum atomic E-state index is -0.730. The highest BCUT2D eigenvalue weighted by molar-refractivity contribution is 8.32. The second-order valence-corrected chi connectivity index (χ2v) is 10.9. The van der Waals surface area contributed by atoms with Gasteiger partial charge in [0.1, 0.15) is 10.7 Å². The highest BCUT2D eigenvalue weighted by atomic mass is 32.2. The molecule has 0 aromatic heterocycles. The molecule has 2 heterocycles. The smallest absolute Gasteiger partial charge is 0.345 e. The van der Waals surface area contributed by atoms with E-state index in [4.69, 9.17) is 21.7 Å². The SMILES string of the molecule is CCOc1ccc2c(c1)/C(=C1/SC(C(=O)OC)=C(c3ccccc3)S1)C(=S)C(C)(C)N2C(C)=O. The lowest BCUT2D eigenvalue weighted by Gasteiger charge is -2.45. The number of thioether (sulfide) groups is 2. The summed E-state index contributed by atoms with van der Waals surface area (Å²) in [5.41, 5.74) is 2.64. The topological polar surface area (TPSA) is 55.8 Å². The molecule has 0 fully saturated rings.